The van der Waals surface area contributed by atoms with Gasteiger partial charge in [-0.25, -0.2) is 14.5 Å². The van der Waals surface area contributed by atoms with Crippen LogP contribution in [0.5, 0.6) is 0 Å². The van der Waals surface area contributed by atoms with Gasteiger partial charge in [0, 0.05) is 6.08 Å². The molecule has 0 saturated carbocycles. The first-order valence-corrected chi connectivity index (χ1v) is 9.59. The van der Waals surface area contributed by atoms with Crippen LogP contribution in [0.3, 0.4) is 0 Å². The number of hydrogen-bond donors (Lipinski definition) is 0. The molecule has 5 nitrogen and oxygen atoms in total. The number of methoxy groups -OCH3 is 1. The Morgan fingerprint density at radius 3 is 2.68 bits per heavy atom. The second-order valence-electron chi connectivity index (χ2n) is 7.93. The molecule has 0 N–H and O–H groups in total. The van der Waals surface area contributed by atoms with Gasteiger partial charge in [0.15, 0.2) is 0 Å². The summed E-state index contributed by atoms with van der Waals surface area (Å²) in [6.45, 7) is 10.7. The molecule has 1 aliphatic carbocycles. The van der Waals surface area contributed by atoms with E-state index in [-0.39, 0.29) is 17.4 Å². The van der Waals surface area contributed by atoms with E-state index in [4.69, 9.17) is 0 Å². The van der Waals surface area contributed by atoms with Gasteiger partial charge in [0.2, 0.25) is 0 Å². The maximum atomic E-state index is 11.2. The Hall–Kier alpha value is -2.69. The standard InChI is InChI=1S/C23H31N3O2/c1-17(8-7-9-18(2)14-22(27)28-6)10-11-20-19(3)21(12-13-23(20,4)5)26-16-24-15-25-26/h7-11,14-16,21H,12-13H2,1-6H3. The van der Waals surface area contributed by atoms with Crippen molar-refractivity contribution in [1.29, 1.82) is 0 Å². The molecule has 0 saturated heterocycles. The fourth-order valence-electron chi connectivity index (χ4n) is 3.54. The molecule has 2 rings (SSSR count). The molecule has 1 aromatic heterocycles. The van der Waals surface area contributed by atoms with Crippen molar-refractivity contribution in [2.75, 3.05) is 7.11 Å². The third kappa shape index (κ3) is 5.65. The van der Waals surface area contributed by atoms with Crippen LogP contribution in [0.1, 0.15) is 53.5 Å². The van der Waals surface area contributed by atoms with E-state index < -0.39 is 0 Å². The van der Waals surface area contributed by atoms with Gasteiger partial charge in [0.1, 0.15) is 12.7 Å². The van der Waals surface area contributed by atoms with Crippen LogP contribution in [-0.2, 0) is 9.53 Å². The molecule has 1 atom stereocenters. The van der Waals surface area contributed by atoms with Crippen molar-refractivity contribution in [2.45, 2.75) is 53.5 Å². The van der Waals surface area contributed by atoms with E-state index in [9.17, 15) is 4.79 Å². The highest BCUT2D eigenvalue weighted by atomic mass is 16.5. The minimum Gasteiger partial charge on any atom is -0.466 e. The van der Waals surface area contributed by atoms with Gasteiger partial charge in [0.05, 0.1) is 13.2 Å². The summed E-state index contributed by atoms with van der Waals surface area (Å²) >= 11 is 0. The monoisotopic (exact) mass is 381 g/mol. The first kappa shape index (κ1) is 21.6. The summed E-state index contributed by atoms with van der Waals surface area (Å²) in [7, 11) is 1.38. The average Bonchev–Trinajstić information content (AvgIpc) is 3.15. The van der Waals surface area contributed by atoms with E-state index >= 15 is 0 Å². The zero-order valence-corrected chi connectivity index (χ0v) is 17.8. The molecule has 0 spiro atoms. The minimum atomic E-state index is -0.341. The lowest BCUT2D eigenvalue weighted by Crippen LogP contribution is -2.26. The normalized spacial score (nSPS) is 21.0. The van der Waals surface area contributed by atoms with E-state index in [0.717, 1.165) is 24.0 Å². The summed E-state index contributed by atoms with van der Waals surface area (Å²) in [5.74, 6) is -0.341. The predicted octanol–water partition coefficient (Wildman–Crippen LogP) is 5.13. The lowest BCUT2D eigenvalue weighted by atomic mass is 9.71. The number of carbonyl (C=O) groups is 1. The zero-order valence-electron chi connectivity index (χ0n) is 17.8. The SMILES string of the molecule is COC(=O)C=C(C)C=CC=C(C)C=CC1=C(C)C(n2cncn2)CCC1(C)C. The van der Waals surface area contributed by atoms with E-state index in [1.54, 1.807) is 12.7 Å². The van der Waals surface area contributed by atoms with Gasteiger partial charge < -0.3 is 4.74 Å². The number of allylic oxidation sites excluding steroid dienone is 9. The van der Waals surface area contributed by atoms with Gasteiger partial charge in [-0.2, -0.15) is 5.10 Å². The van der Waals surface area contributed by atoms with Crippen molar-refractivity contribution in [2.24, 2.45) is 5.41 Å². The van der Waals surface area contributed by atoms with E-state index in [2.05, 4.69) is 54.7 Å². The van der Waals surface area contributed by atoms with Crippen molar-refractivity contribution in [3.05, 3.63) is 71.4 Å². The van der Waals surface area contributed by atoms with Crippen LogP contribution in [0.15, 0.2) is 71.4 Å². The highest BCUT2D eigenvalue weighted by molar-refractivity contribution is 5.83. The lowest BCUT2D eigenvalue weighted by molar-refractivity contribution is -0.134. The molecule has 5 heteroatoms. The second-order valence-corrected chi connectivity index (χ2v) is 7.93. The molecule has 0 radical (unpaired) electrons. The molecule has 0 aliphatic heterocycles. The van der Waals surface area contributed by atoms with E-state index in [1.807, 2.05) is 29.8 Å². The van der Waals surface area contributed by atoms with Gasteiger partial charge in [-0.1, -0.05) is 49.8 Å². The predicted molar refractivity (Wildman–Crippen MR) is 113 cm³/mol. The van der Waals surface area contributed by atoms with Crippen LogP contribution in [0, 0.1) is 5.41 Å². The molecule has 0 aromatic carbocycles. The number of hydrogen-bond acceptors (Lipinski definition) is 4. The third-order valence-corrected chi connectivity index (χ3v) is 5.23. The topological polar surface area (TPSA) is 57.0 Å². The first-order chi connectivity index (χ1) is 13.2. The number of aromatic nitrogens is 3. The van der Waals surface area contributed by atoms with Crippen LogP contribution < -0.4 is 0 Å². The number of carbonyl (C=O) groups excluding carboxylic acids is 1. The fraction of sp³-hybridized carbons (Fsp3) is 0.435. The minimum absolute atomic E-state index is 0.133. The smallest absolute Gasteiger partial charge is 0.330 e. The Balaban J connectivity index is 2.18. The number of ether oxygens (including phenoxy) is 1. The van der Waals surface area contributed by atoms with Crippen LogP contribution in [0.25, 0.3) is 0 Å². The van der Waals surface area contributed by atoms with Gasteiger partial charge in [-0.15, -0.1) is 0 Å². The maximum Gasteiger partial charge on any atom is 0.330 e. The summed E-state index contributed by atoms with van der Waals surface area (Å²) in [4.78, 5) is 15.3. The Bertz CT molecular complexity index is 837. The Morgan fingerprint density at radius 1 is 1.29 bits per heavy atom. The Morgan fingerprint density at radius 2 is 2.04 bits per heavy atom. The van der Waals surface area contributed by atoms with E-state index in [1.165, 1.54) is 24.3 Å². The fourth-order valence-corrected chi connectivity index (χ4v) is 3.54. The number of nitrogens with zero attached hydrogens (tertiary/aromatic N) is 3. The Labute approximate surface area is 168 Å². The van der Waals surface area contributed by atoms with Crippen molar-refractivity contribution < 1.29 is 9.53 Å². The third-order valence-electron chi connectivity index (χ3n) is 5.23. The number of esters is 1. The molecule has 0 fully saturated rings. The molecule has 1 aliphatic rings. The average molecular weight is 382 g/mol. The molecule has 150 valence electrons. The largest absolute Gasteiger partial charge is 0.466 e. The van der Waals surface area contributed by atoms with Crippen LogP contribution in [0.2, 0.25) is 0 Å². The highest BCUT2D eigenvalue weighted by Gasteiger charge is 2.32. The quantitative estimate of drug-likeness (QED) is 0.389. The van der Waals surface area contributed by atoms with Gasteiger partial charge in [-0.05, 0) is 55.7 Å². The summed E-state index contributed by atoms with van der Waals surface area (Å²) in [5, 5.41) is 4.34. The van der Waals surface area contributed by atoms with Gasteiger partial charge in [-0.3, -0.25) is 0 Å². The summed E-state index contributed by atoms with van der Waals surface area (Å²) in [6.07, 6.45) is 17.3. The van der Waals surface area contributed by atoms with Crippen molar-refractivity contribution >= 4 is 5.97 Å². The molecule has 1 aromatic rings. The van der Waals surface area contributed by atoms with Crippen LogP contribution in [-0.4, -0.2) is 27.8 Å². The summed E-state index contributed by atoms with van der Waals surface area (Å²) < 4.78 is 6.59. The lowest BCUT2D eigenvalue weighted by Gasteiger charge is -2.37. The van der Waals surface area contributed by atoms with Gasteiger partial charge in [0.25, 0.3) is 0 Å². The second kappa shape index (κ2) is 9.49. The molecule has 1 unspecified atom stereocenters. The van der Waals surface area contributed by atoms with E-state index in [0.29, 0.717) is 0 Å². The molecule has 0 bridgehead atoms. The summed E-state index contributed by atoms with van der Waals surface area (Å²) in [5.41, 5.74) is 4.83. The van der Waals surface area contributed by atoms with Crippen molar-refractivity contribution in [3.63, 3.8) is 0 Å². The molecule has 1 heterocycles. The molecular weight excluding hydrogens is 350 g/mol. The van der Waals surface area contributed by atoms with Gasteiger partial charge >= 0.3 is 5.97 Å². The Kier molecular flexibility index (Phi) is 7.32. The molecular formula is C23H31N3O2. The number of rotatable bonds is 6. The maximum absolute atomic E-state index is 11.2. The molecule has 28 heavy (non-hydrogen) atoms. The zero-order chi connectivity index (χ0) is 20.7. The van der Waals surface area contributed by atoms with Crippen LogP contribution >= 0.6 is 0 Å². The van der Waals surface area contributed by atoms with Crippen molar-refractivity contribution in [1.82, 2.24) is 14.8 Å². The first-order valence-electron chi connectivity index (χ1n) is 9.59. The highest BCUT2D eigenvalue weighted by Crippen LogP contribution is 2.45. The van der Waals surface area contributed by atoms with Crippen molar-refractivity contribution in [3.8, 4) is 0 Å². The summed E-state index contributed by atoms with van der Waals surface area (Å²) in [6, 6.07) is 0.269. The van der Waals surface area contributed by atoms with Crippen LogP contribution in [0.4, 0.5) is 0 Å². The molecule has 0 amide bonds.